The molecule has 2 unspecified atom stereocenters. The highest BCUT2D eigenvalue weighted by molar-refractivity contribution is 5.02. The summed E-state index contributed by atoms with van der Waals surface area (Å²) in [6.07, 6.45) is 33.4. The fourth-order valence-electron chi connectivity index (χ4n) is 2.44. The summed E-state index contributed by atoms with van der Waals surface area (Å²) in [5.41, 5.74) is 0. The zero-order valence-electron chi connectivity index (χ0n) is 15.6. The maximum atomic E-state index is 9.25. The molecule has 1 heterocycles. The van der Waals surface area contributed by atoms with Gasteiger partial charge in [-0.05, 0) is 44.9 Å². The Morgan fingerprint density at radius 3 is 1.52 bits per heavy atom. The van der Waals surface area contributed by atoms with Crippen molar-refractivity contribution in [1.82, 2.24) is 0 Å². The lowest BCUT2D eigenvalue weighted by atomic mass is 10.2. The molecule has 0 amide bonds. The Labute approximate surface area is 154 Å². The zero-order chi connectivity index (χ0) is 18.0. The quantitative estimate of drug-likeness (QED) is 0.429. The molecule has 0 bridgehead atoms. The Hall–Kier alpha value is -1.64. The topological polar surface area (TPSA) is 29.5 Å². The van der Waals surface area contributed by atoms with E-state index in [1.807, 2.05) is 0 Å². The van der Waals surface area contributed by atoms with E-state index in [-0.39, 0.29) is 6.10 Å². The molecule has 0 radical (unpaired) electrons. The van der Waals surface area contributed by atoms with Crippen molar-refractivity contribution < 1.29 is 9.84 Å². The number of aliphatic hydroxyl groups excluding tert-OH is 1. The number of aliphatic hydroxyl groups is 1. The molecule has 2 nitrogen and oxygen atoms in total. The fourth-order valence-corrected chi connectivity index (χ4v) is 2.44. The minimum atomic E-state index is -0.566. The SMILES string of the molecule is CC/C=C\C/C=C\C/C=C\C/C=C\C/C=C\C/C=C/C1CCC(O)O1. The first kappa shape index (κ1) is 21.4. The third-order valence-corrected chi connectivity index (χ3v) is 3.81. The number of ether oxygens (including phenoxy) is 1. The average Bonchev–Trinajstić information content (AvgIpc) is 3.03. The van der Waals surface area contributed by atoms with Gasteiger partial charge in [-0.2, -0.15) is 0 Å². The molecule has 0 aromatic heterocycles. The van der Waals surface area contributed by atoms with Gasteiger partial charge in [0.05, 0.1) is 6.10 Å². The molecule has 0 aromatic rings. The van der Waals surface area contributed by atoms with Gasteiger partial charge in [-0.15, -0.1) is 0 Å². The van der Waals surface area contributed by atoms with Crippen LogP contribution in [0.3, 0.4) is 0 Å². The van der Waals surface area contributed by atoms with E-state index in [9.17, 15) is 5.11 Å². The Balaban J connectivity index is 1.96. The standard InChI is InChI=1S/C23H34O2/c1-2-3-4-5-6-7-8-9-10-11-12-13-14-15-16-17-18-19-22-20-21-23(24)25-22/h3-4,6-7,9-10,12-13,15-16,18-19,22-24H,2,5,8,11,14,17,20-21H2,1H3/b4-3-,7-6-,10-9-,13-12-,16-15-,19-18+. The van der Waals surface area contributed by atoms with Gasteiger partial charge in [0.15, 0.2) is 6.29 Å². The van der Waals surface area contributed by atoms with Gasteiger partial charge < -0.3 is 9.84 Å². The van der Waals surface area contributed by atoms with Crippen molar-refractivity contribution in [1.29, 1.82) is 0 Å². The molecule has 1 fully saturated rings. The lowest BCUT2D eigenvalue weighted by Crippen LogP contribution is -2.06. The zero-order valence-corrected chi connectivity index (χ0v) is 15.6. The van der Waals surface area contributed by atoms with Gasteiger partial charge in [-0.3, -0.25) is 0 Å². The normalized spacial score (nSPS) is 22.3. The van der Waals surface area contributed by atoms with Crippen LogP contribution in [0.2, 0.25) is 0 Å². The molecule has 0 aromatic carbocycles. The number of allylic oxidation sites excluding steroid dienone is 11. The molecule has 1 saturated heterocycles. The Morgan fingerprint density at radius 1 is 0.680 bits per heavy atom. The monoisotopic (exact) mass is 342 g/mol. The Kier molecular flexibility index (Phi) is 13.6. The third-order valence-electron chi connectivity index (χ3n) is 3.81. The van der Waals surface area contributed by atoms with Gasteiger partial charge in [0, 0.05) is 6.42 Å². The molecule has 0 saturated carbocycles. The van der Waals surface area contributed by atoms with Gasteiger partial charge in [0.2, 0.25) is 0 Å². The Morgan fingerprint density at radius 2 is 1.12 bits per heavy atom. The molecule has 25 heavy (non-hydrogen) atoms. The van der Waals surface area contributed by atoms with Crippen LogP contribution in [0.15, 0.2) is 72.9 Å². The van der Waals surface area contributed by atoms with Crippen molar-refractivity contribution in [2.24, 2.45) is 0 Å². The summed E-state index contributed by atoms with van der Waals surface area (Å²) >= 11 is 0. The van der Waals surface area contributed by atoms with Crippen LogP contribution in [0, 0.1) is 0 Å². The van der Waals surface area contributed by atoms with Crippen molar-refractivity contribution in [3.05, 3.63) is 72.9 Å². The molecule has 0 spiro atoms. The van der Waals surface area contributed by atoms with Gasteiger partial charge in [-0.25, -0.2) is 0 Å². The van der Waals surface area contributed by atoms with Gasteiger partial charge >= 0.3 is 0 Å². The molecule has 1 aliphatic rings. The van der Waals surface area contributed by atoms with E-state index in [0.717, 1.165) is 51.4 Å². The van der Waals surface area contributed by atoms with Crippen molar-refractivity contribution in [2.45, 2.75) is 70.7 Å². The second kappa shape index (κ2) is 15.9. The Bertz CT molecular complexity index is 480. The van der Waals surface area contributed by atoms with Gasteiger partial charge in [-0.1, -0.05) is 79.8 Å². The van der Waals surface area contributed by atoms with Gasteiger partial charge in [0.25, 0.3) is 0 Å². The van der Waals surface area contributed by atoms with Crippen molar-refractivity contribution in [3.8, 4) is 0 Å². The molecular formula is C23H34O2. The summed E-state index contributed by atoms with van der Waals surface area (Å²) in [7, 11) is 0. The van der Waals surface area contributed by atoms with E-state index in [4.69, 9.17) is 4.74 Å². The second-order valence-corrected chi connectivity index (χ2v) is 6.08. The average molecular weight is 343 g/mol. The van der Waals surface area contributed by atoms with Crippen LogP contribution in [-0.2, 0) is 4.74 Å². The lowest BCUT2D eigenvalue weighted by Gasteiger charge is -2.03. The largest absolute Gasteiger partial charge is 0.368 e. The summed E-state index contributed by atoms with van der Waals surface area (Å²) in [4.78, 5) is 0. The van der Waals surface area contributed by atoms with E-state index in [2.05, 4.69) is 79.8 Å². The van der Waals surface area contributed by atoms with E-state index in [1.165, 1.54) is 0 Å². The number of hydrogen-bond donors (Lipinski definition) is 1. The molecule has 138 valence electrons. The smallest absolute Gasteiger partial charge is 0.155 e. The molecule has 2 atom stereocenters. The van der Waals surface area contributed by atoms with E-state index in [0.29, 0.717) is 0 Å². The van der Waals surface area contributed by atoms with Crippen LogP contribution < -0.4 is 0 Å². The van der Waals surface area contributed by atoms with Crippen LogP contribution in [0.1, 0.15) is 58.3 Å². The van der Waals surface area contributed by atoms with Crippen molar-refractivity contribution in [2.75, 3.05) is 0 Å². The predicted octanol–water partition coefficient (Wildman–Crippen LogP) is 6.18. The molecular weight excluding hydrogens is 308 g/mol. The summed E-state index contributed by atoms with van der Waals surface area (Å²) < 4.78 is 5.31. The minimum absolute atomic E-state index is 0.0951. The third kappa shape index (κ3) is 13.3. The van der Waals surface area contributed by atoms with Crippen LogP contribution >= 0.6 is 0 Å². The highest BCUT2D eigenvalue weighted by Gasteiger charge is 2.20. The molecule has 1 N–H and O–H groups in total. The van der Waals surface area contributed by atoms with Crippen LogP contribution in [0.25, 0.3) is 0 Å². The maximum absolute atomic E-state index is 9.25. The first-order valence-electron chi connectivity index (χ1n) is 9.58. The molecule has 2 heteroatoms. The van der Waals surface area contributed by atoms with Gasteiger partial charge in [0.1, 0.15) is 0 Å². The summed E-state index contributed by atoms with van der Waals surface area (Å²) in [6, 6.07) is 0. The van der Waals surface area contributed by atoms with Crippen molar-refractivity contribution >= 4 is 0 Å². The van der Waals surface area contributed by atoms with E-state index in [1.54, 1.807) is 0 Å². The second-order valence-electron chi connectivity index (χ2n) is 6.08. The fraction of sp³-hybridized carbons (Fsp3) is 0.478. The highest BCUT2D eigenvalue weighted by Crippen LogP contribution is 2.18. The predicted molar refractivity (Wildman–Crippen MR) is 108 cm³/mol. The first-order valence-corrected chi connectivity index (χ1v) is 9.58. The molecule has 1 rings (SSSR count). The van der Waals surface area contributed by atoms with Crippen LogP contribution in [-0.4, -0.2) is 17.5 Å². The lowest BCUT2D eigenvalue weighted by molar-refractivity contribution is -0.0778. The van der Waals surface area contributed by atoms with E-state index >= 15 is 0 Å². The number of hydrogen-bond acceptors (Lipinski definition) is 2. The van der Waals surface area contributed by atoms with Crippen LogP contribution in [0.5, 0.6) is 0 Å². The molecule has 1 aliphatic heterocycles. The van der Waals surface area contributed by atoms with E-state index < -0.39 is 6.29 Å². The summed E-state index contributed by atoms with van der Waals surface area (Å²) in [6.45, 7) is 2.16. The van der Waals surface area contributed by atoms with Crippen molar-refractivity contribution in [3.63, 3.8) is 0 Å². The highest BCUT2D eigenvalue weighted by atomic mass is 16.6. The number of rotatable bonds is 12. The van der Waals surface area contributed by atoms with Crippen LogP contribution in [0.4, 0.5) is 0 Å². The first-order chi connectivity index (χ1) is 12.3. The summed E-state index contributed by atoms with van der Waals surface area (Å²) in [5.74, 6) is 0. The maximum Gasteiger partial charge on any atom is 0.155 e. The summed E-state index contributed by atoms with van der Waals surface area (Å²) in [5, 5.41) is 9.25. The molecule has 0 aliphatic carbocycles. The minimum Gasteiger partial charge on any atom is -0.368 e.